The van der Waals surface area contributed by atoms with Gasteiger partial charge in [0.25, 0.3) is 5.91 Å². The van der Waals surface area contributed by atoms with Crippen molar-refractivity contribution in [3.05, 3.63) is 30.1 Å². The number of ether oxygens (including phenoxy) is 1. The fraction of sp³-hybridized carbons (Fsp3) is 0.462. The van der Waals surface area contributed by atoms with Gasteiger partial charge in [0.1, 0.15) is 5.69 Å². The van der Waals surface area contributed by atoms with E-state index in [1.54, 1.807) is 19.3 Å². The summed E-state index contributed by atoms with van der Waals surface area (Å²) >= 11 is 0. The molecule has 1 amide bonds. The normalized spacial score (nSPS) is 10.0. The summed E-state index contributed by atoms with van der Waals surface area (Å²) in [6.07, 6.45) is 2.48. The van der Waals surface area contributed by atoms with E-state index in [0.29, 0.717) is 31.3 Å². The maximum atomic E-state index is 11.9. The Hall–Kier alpha value is -1.95. The lowest BCUT2D eigenvalue weighted by Crippen LogP contribution is -2.26. The highest BCUT2D eigenvalue weighted by Gasteiger charge is 2.09. The van der Waals surface area contributed by atoms with E-state index in [-0.39, 0.29) is 5.91 Å². The molecule has 0 saturated heterocycles. The molecule has 1 aromatic rings. The molecule has 0 bridgehead atoms. The highest BCUT2D eigenvalue weighted by molar-refractivity contribution is 5.92. The number of amides is 1. The minimum atomic E-state index is -0.205. The van der Waals surface area contributed by atoms with Gasteiger partial charge in [-0.25, -0.2) is 9.97 Å². The Labute approximate surface area is 113 Å². The van der Waals surface area contributed by atoms with Gasteiger partial charge < -0.3 is 15.4 Å². The van der Waals surface area contributed by atoms with Gasteiger partial charge in [0.05, 0.1) is 0 Å². The first-order valence-electron chi connectivity index (χ1n) is 6.15. The number of hydrogen-bond acceptors (Lipinski definition) is 5. The molecule has 0 saturated carbocycles. The molecular formula is C13H20N4O2. The van der Waals surface area contributed by atoms with Crippen molar-refractivity contribution in [2.24, 2.45) is 0 Å². The van der Waals surface area contributed by atoms with Gasteiger partial charge in [-0.3, -0.25) is 4.79 Å². The maximum absolute atomic E-state index is 11.9. The minimum Gasteiger partial charge on any atom is -0.385 e. The monoisotopic (exact) mass is 264 g/mol. The zero-order valence-corrected chi connectivity index (χ0v) is 11.4. The predicted octanol–water partition coefficient (Wildman–Crippen LogP) is 1.15. The van der Waals surface area contributed by atoms with Crippen LogP contribution in [0, 0.1) is 6.92 Å². The second kappa shape index (κ2) is 8.20. The minimum absolute atomic E-state index is 0.205. The second-order valence-electron chi connectivity index (χ2n) is 3.99. The molecule has 6 nitrogen and oxygen atoms in total. The molecule has 1 rings (SSSR count). The maximum Gasteiger partial charge on any atom is 0.270 e. The number of nitrogens with zero attached hydrogens (tertiary/aromatic N) is 2. The zero-order chi connectivity index (χ0) is 14.1. The molecule has 19 heavy (non-hydrogen) atoms. The highest BCUT2D eigenvalue weighted by atomic mass is 16.5. The number of aromatic nitrogens is 2. The smallest absolute Gasteiger partial charge is 0.270 e. The van der Waals surface area contributed by atoms with Gasteiger partial charge in [-0.1, -0.05) is 6.08 Å². The van der Waals surface area contributed by atoms with Crippen LogP contribution in [0.2, 0.25) is 0 Å². The van der Waals surface area contributed by atoms with E-state index in [9.17, 15) is 4.79 Å². The summed E-state index contributed by atoms with van der Waals surface area (Å²) in [7, 11) is 1.63. The van der Waals surface area contributed by atoms with Gasteiger partial charge >= 0.3 is 0 Å². The third kappa shape index (κ3) is 5.48. The average Bonchev–Trinajstić information content (AvgIpc) is 2.40. The van der Waals surface area contributed by atoms with Crippen LogP contribution >= 0.6 is 0 Å². The Balaban J connectivity index is 2.62. The number of carbonyl (C=O) groups is 1. The Morgan fingerprint density at radius 2 is 2.32 bits per heavy atom. The Kier molecular flexibility index (Phi) is 6.52. The summed E-state index contributed by atoms with van der Waals surface area (Å²) in [6.45, 7) is 7.16. The Morgan fingerprint density at radius 3 is 3.00 bits per heavy atom. The molecular weight excluding hydrogens is 244 g/mol. The van der Waals surface area contributed by atoms with Crippen LogP contribution in [0.25, 0.3) is 0 Å². The molecule has 2 N–H and O–H groups in total. The lowest BCUT2D eigenvalue weighted by atomic mass is 10.3. The lowest BCUT2D eigenvalue weighted by molar-refractivity contribution is 0.0943. The molecule has 0 atom stereocenters. The molecule has 1 heterocycles. The van der Waals surface area contributed by atoms with Gasteiger partial charge in [0, 0.05) is 32.5 Å². The SMILES string of the molecule is C=CCNc1nc(C)cc(C(=O)NCCCOC)n1. The number of aryl methyl sites for hydroxylation is 1. The molecule has 1 aromatic heterocycles. The molecule has 0 aliphatic heterocycles. The second-order valence-corrected chi connectivity index (χ2v) is 3.99. The quantitative estimate of drug-likeness (QED) is 0.544. The van der Waals surface area contributed by atoms with E-state index in [1.165, 1.54) is 0 Å². The summed E-state index contributed by atoms with van der Waals surface area (Å²) in [4.78, 5) is 20.2. The van der Waals surface area contributed by atoms with Crippen molar-refractivity contribution in [1.82, 2.24) is 15.3 Å². The van der Waals surface area contributed by atoms with Crippen LogP contribution in [0.3, 0.4) is 0 Å². The molecule has 104 valence electrons. The van der Waals surface area contributed by atoms with Crippen LogP contribution in [0.4, 0.5) is 5.95 Å². The van der Waals surface area contributed by atoms with Crippen molar-refractivity contribution in [3.8, 4) is 0 Å². The van der Waals surface area contributed by atoms with Crippen LogP contribution in [-0.4, -0.2) is 42.7 Å². The van der Waals surface area contributed by atoms with Crippen LogP contribution in [-0.2, 0) is 4.74 Å². The van der Waals surface area contributed by atoms with E-state index < -0.39 is 0 Å². The number of carbonyl (C=O) groups excluding carboxylic acids is 1. The first kappa shape index (κ1) is 15.1. The Morgan fingerprint density at radius 1 is 1.53 bits per heavy atom. The van der Waals surface area contributed by atoms with E-state index in [1.807, 2.05) is 6.92 Å². The number of nitrogens with one attached hydrogen (secondary N) is 2. The van der Waals surface area contributed by atoms with Gasteiger partial charge in [-0.2, -0.15) is 0 Å². The van der Waals surface area contributed by atoms with Crippen LogP contribution in [0.5, 0.6) is 0 Å². The lowest BCUT2D eigenvalue weighted by Gasteiger charge is -2.07. The largest absolute Gasteiger partial charge is 0.385 e. The van der Waals surface area contributed by atoms with E-state index >= 15 is 0 Å². The first-order valence-corrected chi connectivity index (χ1v) is 6.15. The van der Waals surface area contributed by atoms with Crippen molar-refractivity contribution in [1.29, 1.82) is 0 Å². The summed E-state index contributed by atoms with van der Waals surface area (Å²) < 4.78 is 4.92. The van der Waals surface area contributed by atoms with Crippen LogP contribution in [0.1, 0.15) is 22.6 Å². The summed E-state index contributed by atoms with van der Waals surface area (Å²) in [6, 6.07) is 1.66. The number of hydrogen-bond donors (Lipinski definition) is 2. The number of rotatable bonds is 8. The van der Waals surface area contributed by atoms with Crippen molar-refractivity contribution in [3.63, 3.8) is 0 Å². The molecule has 0 aliphatic carbocycles. The van der Waals surface area contributed by atoms with Crippen LogP contribution < -0.4 is 10.6 Å². The Bertz CT molecular complexity index is 435. The van der Waals surface area contributed by atoms with Crippen LogP contribution in [0.15, 0.2) is 18.7 Å². The number of methoxy groups -OCH3 is 1. The predicted molar refractivity (Wildman–Crippen MR) is 74.3 cm³/mol. The summed E-state index contributed by atoms with van der Waals surface area (Å²) in [5.74, 6) is 0.227. The molecule has 0 aliphatic rings. The van der Waals surface area contributed by atoms with E-state index in [4.69, 9.17) is 4.74 Å². The molecule has 0 radical (unpaired) electrons. The molecule has 0 unspecified atom stereocenters. The standard InChI is InChI=1S/C13H20N4O2/c1-4-6-15-13-16-10(2)9-11(17-13)12(18)14-7-5-8-19-3/h4,9H,1,5-8H2,2-3H3,(H,14,18)(H,15,16,17). The van der Waals surface area contributed by atoms with E-state index in [0.717, 1.165) is 12.1 Å². The molecule has 0 fully saturated rings. The van der Waals surface area contributed by atoms with Gasteiger partial charge in [-0.15, -0.1) is 6.58 Å². The zero-order valence-electron chi connectivity index (χ0n) is 11.4. The highest BCUT2D eigenvalue weighted by Crippen LogP contribution is 2.04. The average molecular weight is 264 g/mol. The fourth-order valence-electron chi connectivity index (χ4n) is 1.44. The van der Waals surface area contributed by atoms with Crippen molar-refractivity contribution in [2.75, 3.05) is 32.1 Å². The van der Waals surface area contributed by atoms with Crippen molar-refractivity contribution >= 4 is 11.9 Å². The topological polar surface area (TPSA) is 76.1 Å². The van der Waals surface area contributed by atoms with Crippen molar-refractivity contribution in [2.45, 2.75) is 13.3 Å². The van der Waals surface area contributed by atoms with Crippen molar-refractivity contribution < 1.29 is 9.53 Å². The van der Waals surface area contributed by atoms with Gasteiger partial charge in [0.15, 0.2) is 0 Å². The van der Waals surface area contributed by atoms with Gasteiger partial charge in [0.2, 0.25) is 5.95 Å². The molecule has 0 aromatic carbocycles. The summed E-state index contributed by atoms with van der Waals surface area (Å²) in [5, 5.41) is 5.75. The summed E-state index contributed by atoms with van der Waals surface area (Å²) in [5.41, 5.74) is 1.10. The third-order valence-electron chi connectivity index (χ3n) is 2.30. The fourth-order valence-corrected chi connectivity index (χ4v) is 1.44. The van der Waals surface area contributed by atoms with E-state index in [2.05, 4.69) is 27.2 Å². The third-order valence-corrected chi connectivity index (χ3v) is 2.30. The first-order chi connectivity index (χ1) is 9.17. The number of anilines is 1. The molecule has 6 heteroatoms. The molecule has 0 spiro atoms. The van der Waals surface area contributed by atoms with Gasteiger partial charge in [-0.05, 0) is 19.4 Å².